The van der Waals surface area contributed by atoms with Gasteiger partial charge >= 0.3 is 17.9 Å². The van der Waals surface area contributed by atoms with Crippen LogP contribution in [-0.2, 0) is 38.3 Å². The minimum Gasteiger partial charge on any atom is -0.467 e. The Bertz CT molecular complexity index is 857. The second-order valence-corrected chi connectivity index (χ2v) is 6.60. The van der Waals surface area contributed by atoms with Gasteiger partial charge in [-0.3, -0.25) is 19.8 Å². The van der Waals surface area contributed by atoms with Crippen molar-refractivity contribution in [2.45, 2.75) is 37.0 Å². The lowest BCUT2D eigenvalue weighted by molar-refractivity contribution is -0.384. The molecule has 0 aliphatic carbocycles. The van der Waals surface area contributed by atoms with Crippen LogP contribution in [0.3, 0.4) is 0 Å². The average molecular weight is 424 g/mol. The van der Waals surface area contributed by atoms with Crippen LogP contribution in [0.15, 0.2) is 24.3 Å². The Labute approximate surface area is 170 Å². The Morgan fingerprint density at radius 1 is 1.17 bits per heavy atom. The first-order chi connectivity index (χ1) is 14.3. The number of hydroxylamine groups is 2. The molecule has 0 saturated carbocycles. The van der Waals surface area contributed by atoms with Gasteiger partial charge in [-0.15, -0.1) is 0 Å². The van der Waals surface area contributed by atoms with Gasteiger partial charge in [-0.05, 0) is 17.7 Å². The molecule has 3 rings (SSSR count). The van der Waals surface area contributed by atoms with Crippen LogP contribution in [0, 0.1) is 10.1 Å². The quantitative estimate of drug-likeness (QED) is 0.275. The number of non-ortho nitro benzene ring substituents is 1. The molecule has 0 bridgehead atoms. The first kappa shape index (κ1) is 21.6. The zero-order valence-corrected chi connectivity index (χ0v) is 16.4. The number of nitro benzene ring substituents is 1. The van der Waals surface area contributed by atoms with Crippen molar-refractivity contribution >= 4 is 23.6 Å². The first-order valence-electron chi connectivity index (χ1n) is 9.01. The van der Waals surface area contributed by atoms with Gasteiger partial charge < -0.3 is 14.2 Å². The molecule has 2 fully saturated rings. The number of carbonyl (C=O) groups is 3. The minimum atomic E-state index is -1.72. The predicted octanol–water partition coefficient (Wildman–Crippen LogP) is 0.646. The zero-order valence-electron chi connectivity index (χ0n) is 16.4. The third-order valence-electron chi connectivity index (χ3n) is 5.06. The lowest BCUT2D eigenvalue weighted by Gasteiger charge is -2.30. The molecule has 162 valence electrons. The van der Waals surface area contributed by atoms with Crippen LogP contribution in [-0.4, -0.2) is 66.6 Å². The molecular weight excluding hydrogens is 404 g/mol. The fourth-order valence-corrected chi connectivity index (χ4v) is 3.75. The summed E-state index contributed by atoms with van der Waals surface area (Å²) in [7, 11) is 2.29. The molecule has 2 aliphatic heterocycles. The summed E-state index contributed by atoms with van der Waals surface area (Å²) in [5.74, 6) is -3.37. The Morgan fingerprint density at radius 2 is 1.83 bits per heavy atom. The second kappa shape index (κ2) is 8.34. The first-order valence-corrected chi connectivity index (χ1v) is 9.01. The van der Waals surface area contributed by atoms with Crippen molar-refractivity contribution in [3.05, 3.63) is 39.9 Å². The van der Waals surface area contributed by atoms with E-state index in [0.717, 1.165) is 19.4 Å². The van der Waals surface area contributed by atoms with Gasteiger partial charge in [0.05, 0.1) is 31.7 Å². The van der Waals surface area contributed by atoms with E-state index in [4.69, 9.17) is 23.9 Å². The molecule has 12 nitrogen and oxygen atoms in total. The highest BCUT2D eigenvalue weighted by atomic mass is 17.0. The molecule has 30 heavy (non-hydrogen) atoms. The van der Waals surface area contributed by atoms with Crippen molar-refractivity contribution in [3.8, 4) is 0 Å². The van der Waals surface area contributed by atoms with Gasteiger partial charge in [0.25, 0.3) is 5.69 Å². The number of methoxy groups -OCH3 is 2. The van der Waals surface area contributed by atoms with Crippen molar-refractivity contribution in [1.82, 2.24) is 5.23 Å². The number of ether oxygens (including phenoxy) is 3. The summed E-state index contributed by atoms with van der Waals surface area (Å²) in [6.07, 6.45) is -2.73. The van der Waals surface area contributed by atoms with Gasteiger partial charge in [-0.1, -0.05) is 12.1 Å². The number of hydrogen-bond acceptors (Lipinski definition) is 11. The summed E-state index contributed by atoms with van der Waals surface area (Å²) in [6, 6.07) is 5.26. The maximum atomic E-state index is 12.9. The summed E-state index contributed by atoms with van der Waals surface area (Å²) in [5, 5.41) is 11.8. The third kappa shape index (κ3) is 3.38. The van der Waals surface area contributed by atoms with Gasteiger partial charge in [-0.25, -0.2) is 14.4 Å². The number of carbonyl (C=O) groups excluding carboxylic acids is 3. The van der Waals surface area contributed by atoms with Crippen LogP contribution in [0.25, 0.3) is 0 Å². The summed E-state index contributed by atoms with van der Waals surface area (Å²) in [5.41, 5.74) is -1.54. The van der Waals surface area contributed by atoms with Crippen LogP contribution < -0.4 is 0 Å². The Morgan fingerprint density at radius 3 is 2.37 bits per heavy atom. The third-order valence-corrected chi connectivity index (χ3v) is 5.06. The van der Waals surface area contributed by atoms with Crippen molar-refractivity contribution in [2.24, 2.45) is 0 Å². The number of nitro groups is 1. The van der Waals surface area contributed by atoms with Crippen LogP contribution in [0.4, 0.5) is 5.69 Å². The van der Waals surface area contributed by atoms with E-state index in [2.05, 4.69) is 0 Å². The van der Waals surface area contributed by atoms with E-state index < -0.39 is 46.5 Å². The van der Waals surface area contributed by atoms with Crippen molar-refractivity contribution in [3.63, 3.8) is 0 Å². The lowest BCUT2D eigenvalue weighted by Crippen LogP contribution is -2.50. The molecule has 0 N–H and O–H groups in total. The topological polar surface area (TPSA) is 144 Å². The van der Waals surface area contributed by atoms with E-state index in [0.29, 0.717) is 5.56 Å². The number of nitrogens with zero attached hydrogens (tertiary/aromatic N) is 2. The molecule has 12 heteroatoms. The van der Waals surface area contributed by atoms with Crippen LogP contribution in [0.2, 0.25) is 0 Å². The summed E-state index contributed by atoms with van der Waals surface area (Å²) in [6.45, 7) is 1.72. The SMILES string of the molecule is CCOC(=O)[C@@H]1C[C@]2(C(=O)OC)[C@@H](c3ccc([N+](=O)[O-])cc3)[C@H](C(=O)OC)ON2O1. The molecule has 0 radical (unpaired) electrons. The van der Waals surface area contributed by atoms with Crippen molar-refractivity contribution < 1.29 is 43.2 Å². The highest BCUT2D eigenvalue weighted by molar-refractivity contribution is 5.88. The molecule has 2 saturated heterocycles. The molecule has 0 amide bonds. The number of esters is 3. The van der Waals surface area contributed by atoms with Crippen LogP contribution in [0.5, 0.6) is 0 Å². The average Bonchev–Trinajstić information content (AvgIpc) is 3.27. The molecule has 2 heterocycles. The molecular formula is C18H20N2O10. The molecule has 0 aromatic heterocycles. The lowest BCUT2D eigenvalue weighted by atomic mass is 9.74. The van der Waals surface area contributed by atoms with E-state index in [-0.39, 0.29) is 18.7 Å². The van der Waals surface area contributed by atoms with Gasteiger partial charge in [0.15, 0.2) is 17.7 Å². The van der Waals surface area contributed by atoms with E-state index in [1.54, 1.807) is 6.92 Å². The Kier molecular flexibility index (Phi) is 6.01. The molecule has 1 aromatic rings. The normalized spacial score (nSPS) is 27.9. The van der Waals surface area contributed by atoms with Gasteiger partial charge in [0.2, 0.25) is 0 Å². The van der Waals surface area contributed by atoms with Crippen LogP contribution in [0.1, 0.15) is 24.8 Å². The van der Waals surface area contributed by atoms with E-state index in [1.807, 2.05) is 0 Å². The fraction of sp³-hybridized carbons (Fsp3) is 0.500. The van der Waals surface area contributed by atoms with Gasteiger partial charge in [0.1, 0.15) is 0 Å². The minimum absolute atomic E-state index is 0.0986. The maximum absolute atomic E-state index is 12.9. The summed E-state index contributed by atoms with van der Waals surface area (Å²) >= 11 is 0. The van der Waals surface area contributed by atoms with Crippen LogP contribution >= 0.6 is 0 Å². The zero-order chi connectivity index (χ0) is 22.1. The Hall–Kier alpha value is -3.09. The smallest absolute Gasteiger partial charge is 0.337 e. The van der Waals surface area contributed by atoms with E-state index in [1.165, 1.54) is 24.3 Å². The van der Waals surface area contributed by atoms with Crippen molar-refractivity contribution in [1.29, 1.82) is 0 Å². The van der Waals surface area contributed by atoms with Crippen molar-refractivity contribution in [2.75, 3.05) is 20.8 Å². The number of rotatable bonds is 6. The summed E-state index contributed by atoms with van der Waals surface area (Å²) in [4.78, 5) is 59.0. The predicted molar refractivity (Wildman–Crippen MR) is 95.4 cm³/mol. The Balaban J connectivity index is 2.09. The monoisotopic (exact) mass is 424 g/mol. The largest absolute Gasteiger partial charge is 0.467 e. The molecule has 4 atom stereocenters. The van der Waals surface area contributed by atoms with Gasteiger partial charge in [0, 0.05) is 18.6 Å². The molecule has 2 aliphatic rings. The number of fused-ring (bicyclic) bond motifs is 1. The van der Waals surface area contributed by atoms with E-state index >= 15 is 0 Å². The maximum Gasteiger partial charge on any atom is 0.337 e. The molecule has 1 aromatic carbocycles. The fourth-order valence-electron chi connectivity index (χ4n) is 3.75. The highest BCUT2D eigenvalue weighted by Crippen LogP contribution is 2.52. The second-order valence-electron chi connectivity index (χ2n) is 6.60. The number of hydrogen-bond donors (Lipinski definition) is 0. The number of benzene rings is 1. The standard InChI is InChI=1S/C18H20N2O10/c1-4-28-15(21)12-9-18(17(23)27-3)13(10-5-7-11(8-6-10)19(24)25)14(16(22)26-2)30-20(18)29-12/h5-8,12-14H,4,9H2,1-3H3/t12-,13-,14+,18+/m0/s1. The molecule has 0 unspecified atom stereocenters. The van der Waals surface area contributed by atoms with E-state index in [9.17, 15) is 24.5 Å². The van der Waals surface area contributed by atoms with Gasteiger partial charge in [-0.2, -0.15) is 0 Å². The molecule has 0 spiro atoms. The highest BCUT2D eigenvalue weighted by Gasteiger charge is 2.70. The summed E-state index contributed by atoms with van der Waals surface area (Å²) < 4.78 is 14.7.